The van der Waals surface area contributed by atoms with Crippen molar-refractivity contribution in [3.8, 4) is 0 Å². The first-order valence-corrected chi connectivity index (χ1v) is 7.10. The number of likely N-dealkylation sites (tertiary alicyclic amines) is 1. The molecule has 1 amide bonds. The highest BCUT2D eigenvalue weighted by Gasteiger charge is 2.11. The Labute approximate surface area is 115 Å². The molecule has 19 heavy (non-hydrogen) atoms. The number of aryl methyl sites for hydroxylation is 1. The maximum atomic E-state index is 12.0. The van der Waals surface area contributed by atoms with Crippen LogP contribution in [-0.2, 0) is 0 Å². The zero-order valence-electron chi connectivity index (χ0n) is 11.7. The van der Waals surface area contributed by atoms with E-state index in [1.165, 1.54) is 32.4 Å². The fraction of sp³-hybridized carbons (Fsp3) is 0.533. The van der Waals surface area contributed by atoms with Gasteiger partial charge in [0.1, 0.15) is 5.69 Å². The average molecular weight is 262 g/mol. The van der Waals surface area contributed by atoms with Crippen molar-refractivity contribution in [2.24, 2.45) is 0 Å². The number of hydrogen-bond acceptors (Lipinski definition) is 2. The van der Waals surface area contributed by atoms with E-state index in [1.54, 1.807) is 0 Å². The zero-order chi connectivity index (χ0) is 13.7. The zero-order valence-corrected chi connectivity index (χ0v) is 11.7. The summed E-state index contributed by atoms with van der Waals surface area (Å²) in [7, 11) is 0. The maximum absolute atomic E-state index is 12.0. The highest BCUT2D eigenvalue weighted by atomic mass is 16.1. The number of carbonyl (C=O) groups is 1. The number of nitrogens with zero attached hydrogens (tertiary/aromatic N) is 1. The first-order chi connectivity index (χ1) is 9.16. The van der Waals surface area contributed by atoms with Crippen molar-refractivity contribution >= 4 is 11.6 Å². The van der Waals surface area contributed by atoms with Crippen molar-refractivity contribution < 1.29 is 10.5 Å². The number of amides is 1. The summed E-state index contributed by atoms with van der Waals surface area (Å²) in [4.78, 5) is 14.4. The van der Waals surface area contributed by atoms with Gasteiger partial charge in [0.2, 0.25) is 0 Å². The largest absolute Gasteiger partial charge is 0.351 e. The molecule has 0 unspecified atom stereocenters. The summed E-state index contributed by atoms with van der Waals surface area (Å²) in [5.41, 5.74) is 6.67. The highest BCUT2D eigenvalue weighted by Crippen LogP contribution is 2.11. The second-order valence-corrected chi connectivity index (χ2v) is 5.30. The smallest absolute Gasteiger partial charge is 0.251 e. The van der Waals surface area contributed by atoms with Crippen LogP contribution in [0.3, 0.4) is 0 Å². The Morgan fingerprint density at radius 3 is 2.74 bits per heavy atom. The van der Waals surface area contributed by atoms with Gasteiger partial charge in [-0.05, 0) is 38.9 Å². The van der Waals surface area contributed by atoms with Crippen LogP contribution in [0.5, 0.6) is 0 Å². The topological polar surface area (TPSA) is 60.0 Å². The average Bonchev–Trinajstić information content (AvgIpc) is 2.43. The molecule has 0 bridgehead atoms. The molecule has 104 valence electrons. The number of rotatable bonds is 4. The van der Waals surface area contributed by atoms with Crippen LogP contribution in [-0.4, -0.2) is 37.0 Å². The molecule has 4 nitrogen and oxygen atoms in total. The minimum atomic E-state index is 0.00177. The molecule has 0 saturated carbocycles. The molecule has 1 saturated heterocycles. The van der Waals surface area contributed by atoms with Gasteiger partial charge in [-0.25, -0.2) is 0 Å². The van der Waals surface area contributed by atoms with Gasteiger partial charge in [-0.15, -0.1) is 0 Å². The molecule has 1 aliphatic heterocycles. The van der Waals surface area contributed by atoms with E-state index in [2.05, 4.69) is 16.0 Å². The molecule has 0 atom stereocenters. The number of nitrogens with one attached hydrogen (secondary N) is 1. The van der Waals surface area contributed by atoms with Gasteiger partial charge in [-0.2, -0.15) is 0 Å². The van der Waals surface area contributed by atoms with Crippen LogP contribution in [0, 0.1) is 6.92 Å². The lowest BCUT2D eigenvalue weighted by Gasteiger charge is -2.26. The van der Waals surface area contributed by atoms with E-state index >= 15 is 0 Å². The third kappa shape index (κ3) is 4.04. The predicted octanol–water partition coefficient (Wildman–Crippen LogP) is 1.08. The highest BCUT2D eigenvalue weighted by molar-refractivity contribution is 5.94. The molecule has 4 heteroatoms. The minimum Gasteiger partial charge on any atom is -0.351 e. The van der Waals surface area contributed by atoms with Gasteiger partial charge in [0.15, 0.2) is 0 Å². The van der Waals surface area contributed by atoms with Crippen LogP contribution >= 0.6 is 0 Å². The van der Waals surface area contributed by atoms with Gasteiger partial charge in [-0.3, -0.25) is 4.79 Å². The Morgan fingerprint density at radius 2 is 2.05 bits per heavy atom. The van der Waals surface area contributed by atoms with Gasteiger partial charge in [0, 0.05) is 30.3 Å². The summed E-state index contributed by atoms with van der Waals surface area (Å²) < 4.78 is 0. The van der Waals surface area contributed by atoms with Gasteiger partial charge in [0.05, 0.1) is 0 Å². The molecule has 0 aromatic heterocycles. The predicted molar refractivity (Wildman–Crippen MR) is 76.4 cm³/mol. The van der Waals surface area contributed by atoms with Crippen molar-refractivity contribution in [2.45, 2.75) is 26.2 Å². The van der Waals surface area contributed by atoms with Crippen molar-refractivity contribution in [1.82, 2.24) is 10.2 Å². The monoisotopic (exact) mass is 262 g/mol. The number of quaternary nitrogens is 1. The van der Waals surface area contributed by atoms with Crippen LogP contribution in [0.2, 0.25) is 0 Å². The SMILES string of the molecule is Cc1ccc(C(=O)NCCN2CCCCC2)cc1[NH3+]. The van der Waals surface area contributed by atoms with E-state index < -0.39 is 0 Å². The lowest BCUT2D eigenvalue weighted by atomic mass is 10.1. The van der Waals surface area contributed by atoms with E-state index in [9.17, 15) is 4.79 Å². The van der Waals surface area contributed by atoms with Gasteiger partial charge in [-0.1, -0.05) is 12.5 Å². The molecule has 0 spiro atoms. The summed E-state index contributed by atoms with van der Waals surface area (Å²) in [5, 5.41) is 2.98. The molecule has 4 N–H and O–H groups in total. The quantitative estimate of drug-likeness (QED) is 0.853. The molecular formula is C15H24N3O+. The van der Waals surface area contributed by atoms with Gasteiger partial charge in [0.25, 0.3) is 5.91 Å². The molecule has 1 fully saturated rings. The molecule has 0 aliphatic carbocycles. The van der Waals surface area contributed by atoms with Crippen LogP contribution < -0.4 is 11.1 Å². The van der Waals surface area contributed by atoms with E-state index in [4.69, 9.17) is 0 Å². The Balaban J connectivity index is 1.78. The van der Waals surface area contributed by atoms with E-state index in [-0.39, 0.29) is 5.91 Å². The molecule has 0 radical (unpaired) electrons. The maximum Gasteiger partial charge on any atom is 0.251 e. The van der Waals surface area contributed by atoms with Crippen LogP contribution in [0.15, 0.2) is 18.2 Å². The molecular weight excluding hydrogens is 238 g/mol. The second kappa shape index (κ2) is 6.68. The minimum absolute atomic E-state index is 0.00177. The van der Waals surface area contributed by atoms with Crippen LogP contribution in [0.25, 0.3) is 0 Å². The van der Waals surface area contributed by atoms with E-state index in [0.717, 1.165) is 24.3 Å². The standard InChI is InChI=1S/C15H23N3O/c1-12-5-6-13(11-14(12)16)15(19)17-7-10-18-8-3-2-4-9-18/h5-6,11H,2-4,7-10,16H2,1H3,(H,17,19)/p+1. The van der Waals surface area contributed by atoms with Gasteiger partial charge >= 0.3 is 0 Å². The fourth-order valence-corrected chi connectivity index (χ4v) is 2.43. The number of carbonyl (C=O) groups excluding carboxylic acids is 1. The van der Waals surface area contributed by atoms with E-state index in [1.807, 2.05) is 25.1 Å². The Kier molecular flexibility index (Phi) is 4.93. The fourth-order valence-electron chi connectivity index (χ4n) is 2.43. The van der Waals surface area contributed by atoms with Crippen LogP contribution in [0.1, 0.15) is 35.2 Å². The number of hydrogen-bond donors (Lipinski definition) is 2. The third-order valence-corrected chi connectivity index (χ3v) is 3.77. The lowest BCUT2D eigenvalue weighted by molar-refractivity contribution is -0.255. The Morgan fingerprint density at radius 1 is 1.32 bits per heavy atom. The first-order valence-electron chi connectivity index (χ1n) is 7.10. The third-order valence-electron chi connectivity index (χ3n) is 3.77. The summed E-state index contributed by atoms with van der Waals surface area (Å²) in [5.74, 6) is 0.00177. The molecule has 1 aliphatic rings. The van der Waals surface area contributed by atoms with E-state index in [0.29, 0.717) is 5.56 Å². The summed E-state index contributed by atoms with van der Waals surface area (Å²) in [6.45, 7) is 6.02. The lowest BCUT2D eigenvalue weighted by Crippen LogP contribution is -2.41. The second-order valence-electron chi connectivity index (χ2n) is 5.30. The number of piperidine rings is 1. The molecule has 1 heterocycles. The first kappa shape index (κ1) is 14.0. The summed E-state index contributed by atoms with van der Waals surface area (Å²) >= 11 is 0. The normalized spacial score (nSPS) is 16.3. The molecule has 1 aromatic rings. The summed E-state index contributed by atoms with van der Waals surface area (Å²) in [6, 6.07) is 5.66. The van der Waals surface area contributed by atoms with Gasteiger partial charge < -0.3 is 16.0 Å². The Hall–Kier alpha value is -1.39. The Bertz CT molecular complexity index is 439. The summed E-state index contributed by atoms with van der Waals surface area (Å²) in [6.07, 6.45) is 3.92. The van der Waals surface area contributed by atoms with Crippen molar-refractivity contribution in [2.75, 3.05) is 26.2 Å². The van der Waals surface area contributed by atoms with Crippen molar-refractivity contribution in [3.05, 3.63) is 29.3 Å². The van der Waals surface area contributed by atoms with Crippen LogP contribution in [0.4, 0.5) is 5.69 Å². The van der Waals surface area contributed by atoms with Crippen molar-refractivity contribution in [1.29, 1.82) is 0 Å². The number of benzene rings is 1. The molecule has 1 aromatic carbocycles. The van der Waals surface area contributed by atoms with Crippen molar-refractivity contribution in [3.63, 3.8) is 0 Å². The molecule has 2 rings (SSSR count).